The number of nitrogens with zero attached hydrogens (tertiary/aromatic N) is 5. The highest BCUT2D eigenvalue weighted by Gasteiger charge is 2.30. The maximum atomic E-state index is 12.8. The van der Waals surface area contributed by atoms with Crippen molar-refractivity contribution in [3.63, 3.8) is 0 Å². The second kappa shape index (κ2) is 13.0. The molecule has 2 fully saturated rings. The number of hydrogen-bond donors (Lipinski definition) is 2. The first-order chi connectivity index (χ1) is 20.4. The number of piperidine rings is 1. The molecule has 3 aromatic rings. The Kier molecular flexibility index (Phi) is 9.53. The van der Waals surface area contributed by atoms with Crippen molar-refractivity contribution in [3.05, 3.63) is 53.7 Å². The van der Waals surface area contributed by atoms with Crippen LogP contribution in [0.5, 0.6) is 5.75 Å². The van der Waals surface area contributed by atoms with Crippen LogP contribution in [0.25, 0.3) is 0 Å². The topological polar surface area (TPSA) is 120 Å². The number of piperazine rings is 1. The average Bonchev–Trinajstić information content (AvgIpc) is 2.98. The van der Waals surface area contributed by atoms with Crippen molar-refractivity contribution in [1.82, 2.24) is 19.2 Å². The molecular weight excluding hydrogens is 609 g/mol. The molecule has 0 saturated carbocycles. The minimum Gasteiger partial charge on any atom is -0.494 e. The Labute approximate surface area is 259 Å². The maximum Gasteiger partial charge on any atom is 0.229 e. The molecule has 2 aliphatic heterocycles. The lowest BCUT2D eigenvalue weighted by molar-refractivity contribution is 0.120. The predicted octanol–water partition coefficient (Wildman–Crippen LogP) is 4.42. The third-order valence-corrected chi connectivity index (χ3v) is 11.1. The molecule has 3 heterocycles. The zero-order chi connectivity index (χ0) is 30.8. The molecule has 232 valence electrons. The van der Waals surface area contributed by atoms with E-state index in [4.69, 9.17) is 16.3 Å². The molecule has 43 heavy (non-hydrogen) atoms. The summed E-state index contributed by atoms with van der Waals surface area (Å²) >= 11 is 6.42. The van der Waals surface area contributed by atoms with Gasteiger partial charge in [-0.2, -0.15) is 9.29 Å². The number of aromatic nitrogens is 2. The first kappa shape index (κ1) is 31.5. The number of para-hydroxylation sites is 1. The molecule has 2 aliphatic rings. The van der Waals surface area contributed by atoms with Gasteiger partial charge in [0.25, 0.3) is 0 Å². The zero-order valence-corrected chi connectivity index (χ0v) is 27.4. The van der Waals surface area contributed by atoms with E-state index in [1.165, 1.54) is 12.5 Å². The van der Waals surface area contributed by atoms with Gasteiger partial charge in [0.05, 0.1) is 30.9 Å². The van der Waals surface area contributed by atoms with Crippen LogP contribution in [0.2, 0.25) is 5.02 Å². The van der Waals surface area contributed by atoms with Crippen LogP contribution in [0, 0.1) is 0 Å². The molecular formula is C29H39ClN7O4PS. The summed E-state index contributed by atoms with van der Waals surface area (Å²) < 4.78 is 43.8. The molecule has 0 bridgehead atoms. The third-order valence-electron chi connectivity index (χ3n) is 8.00. The zero-order valence-electron chi connectivity index (χ0n) is 25.0. The van der Waals surface area contributed by atoms with Gasteiger partial charge in [0.2, 0.25) is 16.0 Å². The van der Waals surface area contributed by atoms with Gasteiger partial charge in [-0.25, -0.2) is 13.4 Å². The summed E-state index contributed by atoms with van der Waals surface area (Å²) in [6.07, 6.45) is 4.84. The summed E-state index contributed by atoms with van der Waals surface area (Å²) in [5.74, 6) is 1.40. The van der Waals surface area contributed by atoms with Crippen LogP contribution >= 0.6 is 18.7 Å². The summed E-state index contributed by atoms with van der Waals surface area (Å²) in [5.41, 5.74) is 2.47. The van der Waals surface area contributed by atoms with Gasteiger partial charge in [-0.3, -0.25) is 4.90 Å². The summed E-state index contributed by atoms with van der Waals surface area (Å²) in [4.78, 5) is 13.7. The number of benzene rings is 2. The molecule has 2 saturated heterocycles. The first-order valence-electron chi connectivity index (χ1n) is 14.3. The summed E-state index contributed by atoms with van der Waals surface area (Å²) in [5, 5.41) is 7.52. The molecule has 0 radical (unpaired) electrons. The van der Waals surface area contributed by atoms with Gasteiger partial charge in [0.1, 0.15) is 17.9 Å². The lowest BCUT2D eigenvalue weighted by Gasteiger charge is -2.42. The van der Waals surface area contributed by atoms with Crippen LogP contribution in [0.4, 0.5) is 28.8 Å². The number of rotatable bonds is 9. The van der Waals surface area contributed by atoms with Crippen molar-refractivity contribution in [2.75, 3.05) is 81.5 Å². The largest absolute Gasteiger partial charge is 0.494 e. The number of sulfonamides is 1. The molecule has 2 aromatic carbocycles. The monoisotopic (exact) mass is 647 g/mol. The van der Waals surface area contributed by atoms with Crippen molar-refractivity contribution in [3.8, 4) is 5.75 Å². The number of hydrogen-bond acceptors (Lipinski definition) is 10. The smallest absolute Gasteiger partial charge is 0.229 e. The Bertz CT molecular complexity index is 1600. The van der Waals surface area contributed by atoms with Crippen molar-refractivity contribution in [2.45, 2.75) is 18.9 Å². The molecule has 11 nitrogen and oxygen atoms in total. The number of nitrogens with one attached hydrogen (secondary N) is 2. The molecule has 0 amide bonds. The van der Waals surface area contributed by atoms with Crippen molar-refractivity contribution < 1.29 is 17.7 Å². The van der Waals surface area contributed by atoms with Crippen LogP contribution in [0.1, 0.15) is 12.8 Å². The highest BCUT2D eigenvalue weighted by Crippen LogP contribution is 2.39. The Morgan fingerprint density at radius 2 is 1.67 bits per heavy atom. The van der Waals surface area contributed by atoms with Crippen LogP contribution in [0.15, 0.2) is 48.7 Å². The fraction of sp³-hybridized carbons (Fsp3) is 0.448. The Hall–Kier alpha value is -2.89. The van der Waals surface area contributed by atoms with E-state index in [1.807, 2.05) is 36.4 Å². The van der Waals surface area contributed by atoms with Crippen molar-refractivity contribution in [2.24, 2.45) is 0 Å². The van der Waals surface area contributed by atoms with Crippen LogP contribution in [0.3, 0.4) is 0 Å². The van der Waals surface area contributed by atoms with Gasteiger partial charge in [-0.15, -0.1) is 0 Å². The normalized spacial score (nSPS) is 17.6. The van der Waals surface area contributed by atoms with Crippen LogP contribution < -0.4 is 25.6 Å². The maximum absolute atomic E-state index is 12.8. The van der Waals surface area contributed by atoms with E-state index >= 15 is 0 Å². The second-order valence-electron chi connectivity index (χ2n) is 11.3. The molecule has 14 heteroatoms. The highest BCUT2D eigenvalue weighted by atomic mass is 35.5. The van der Waals surface area contributed by atoms with Crippen LogP contribution in [-0.2, 0) is 14.6 Å². The van der Waals surface area contributed by atoms with Gasteiger partial charge in [-0.1, -0.05) is 23.7 Å². The van der Waals surface area contributed by atoms with Gasteiger partial charge >= 0.3 is 0 Å². The van der Waals surface area contributed by atoms with E-state index in [1.54, 1.807) is 24.7 Å². The van der Waals surface area contributed by atoms with Crippen LogP contribution in [-0.4, -0.2) is 99.6 Å². The predicted molar refractivity (Wildman–Crippen MR) is 175 cm³/mol. The Morgan fingerprint density at radius 1 is 0.977 bits per heavy atom. The van der Waals surface area contributed by atoms with E-state index in [0.717, 1.165) is 50.0 Å². The molecule has 5 rings (SSSR count). The molecule has 0 unspecified atom stereocenters. The Balaban J connectivity index is 1.24. The summed E-state index contributed by atoms with van der Waals surface area (Å²) in [6, 6.07) is 13.9. The molecule has 1 aromatic heterocycles. The van der Waals surface area contributed by atoms with E-state index in [2.05, 4.69) is 36.5 Å². The average molecular weight is 648 g/mol. The van der Waals surface area contributed by atoms with Crippen molar-refractivity contribution in [1.29, 1.82) is 0 Å². The van der Waals surface area contributed by atoms with E-state index < -0.39 is 17.2 Å². The standard InChI is InChI=1S/C29H39ClN7O4PS/c1-41-26-19-22(35-13-11-21(12-14-35)36-15-17-37(18-16-36)43(4,39)40)9-10-24(26)33-29-31-20-23(30)28(34-29)32-25-7-5-6-8-27(25)42(2,3)38/h5-10,19-21H,11-18H2,1-4H3,(H2,31,32,33,34). The SMILES string of the molecule is COc1cc(N2CCC(N3CCN(S(C)(=O)=O)CC3)CC2)ccc1Nc1ncc(Cl)c(Nc2ccccc2P(C)(C)=O)n1. The minimum absolute atomic E-state index is 0.336. The first-order valence-corrected chi connectivity index (χ1v) is 19.1. The van der Waals surface area contributed by atoms with Gasteiger partial charge < -0.3 is 24.8 Å². The second-order valence-corrected chi connectivity index (χ2v) is 16.9. The summed E-state index contributed by atoms with van der Waals surface area (Å²) in [7, 11) is -4.02. The van der Waals surface area contributed by atoms with Gasteiger partial charge in [0.15, 0.2) is 5.82 Å². The lowest BCUT2D eigenvalue weighted by Crippen LogP contribution is -2.54. The lowest BCUT2D eigenvalue weighted by atomic mass is 10.0. The van der Waals surface area contributed by atoms with Crippen molar-refractivity contribution >= 4 is 62.9 Å². The number of halogens is 1. The quantitative estimate of drug-likeness (QED) is 0.323. The van der Waals surface area contributed by atoms with E-state index in [0.29, 0.717) is 53.0 Å². The summed E-state index contributed by atoms with van der Waals surface area (Å²) in [6.45, 7) is 7.95. The van der Waals surface area contributed by atoms with E-state index in [9.17, 15) is 13.0 Å². The fourth-order valence-electron chi connectivity index (χ4n) is 5.68. The molecule has 0 aliphatic carbocycles. The van der Waals surface area contributed by atoms with Gasteiger partial charge in [0, 0.05) is 62.4 Å². The van der Waals surface area contributed by atoms with Gasteiger partial charge in [-0.05, 0) is 50.4 Å². The number of anilines is 5. The minimum atomic E-state index is -3.12. The number of ether oxygens (including phenoxy) is 1. The highest BCUT2D eigenvalue weighted by molar-refractivity contribution is 7.88. The van der Waals surface area contributed by atoms with E-state index in [-0.39, 0.29) is 0 Å². The number of methoxy groups -OCH3 is 1. The fourth-order valence-corrected chi connectivity index (χ4v) is 7.80. The third kappa shape index (κ3) is 7.61. The molecule has 0 atom stereocenters. The molecule has 2 N–H and O–H groups in total. The molecule has 0 spiro atoms. The Morgan fingerprint density at radius 3 is 2.33 bits per heavy atom.